The van der Waals surface area contributed by atoms with Gasteiger partial charge in [-0.15, -0.1) is 0 Å². The van der Waals surface area contributed by atoms with Gasteiger partial charge in [-0.3, -0.25) is 4.79 Å². The molecule has 18 heavy (non-hydrogen) atoms. The maximum atomic E-state index is 12.3. The van der Waals surface area contributed by atoms with Crippen molar-refractivity contribution >= 4 is 5.78 Å². The third-order valence-corrected chi connectivity index (χ3v) is 3.12. The summed E-state index contributed by atoms with van der Waals surface area (Å²) in [6.45, 7) is 5.11. The number of ketones is 1. The number of Topliss-reactive ketones (excluding diaryl/α,β-unsaturated/α-hetero) is 1. The van der Waals surface area contributed by atoms with E-state index in [1.807, 2.05) is 26.0 Å². The Balaban J connectivity index is 2.12. The fraction of sp³-hybridized carbons (Fsp3) is 0.500. The number of rotatable bonds is 5. The molecule has 1 aromatic rings. The smallest absolute Gasteiger partial charge is 0.174 e. The van der Waals surface area contributed by atoms with Crippen molar-refractivity contribution < 1.29 is 14.3 Å². The third kappa shape index (κ3) is 2.40. The summed E-state index contributed by atoms with van der Waals surface area (Å²) < 4.78 is 10.7. The van der Waals surface area contributed by atoms with E-state index < -0.39 is 5.41 Å². The molecular weight excluding hydrogens is 230 g/mol. The maximum Gasteiger partial charge on any atom is 0.174 e. The molecular formula is C14H19NO3. The first-order valence-electron chi connectivity index (χ1n) is 6.17. The molecule has 0 aromatic heterocycles. The van der Waals surface area contributed by atoms with E-state index in [2.05, 4.69) is 0 Å². The molecule has 2 rings (SSSR count). The first-order chi connectivity index (χ1) is 8.57. The highest BCUT2D eigenvalue weighted by Crippen LogP contribution is 2.31. The first-order valence-corrected chi connectivity index (χ1v) is 6.17. The zero-order valence-electron chi connectivity index (χ0n) is 10.8. The summed E-state index contributed by atoms with van der Waals surface area (Å²) in [6.07, 6.45) is 0.127. The van der Waals surface area contributed by atoms with Crippen LogP contribution in [0.5, 0.6) is 5.75 Å². The van der Waals surface area contributed by atoms with Gasteiger partial charge in [-0.2, -0.15) is 0 Å². The van der Waals surface area contributed by atoms with Crippen LogP contribution in [0.2, 0.25) is 0 Å². The molecule has 4 nitrogen and oxygen atoms in total. The highest BCUT2D eigenvalue weighted by Gasteiger charge is 2.44. The van der Waals surface area contributed by atoms with Crippen molar-refractivity contribution in [2.24, 2.45) is 11.1 Å². The van der Waals surface area contributed by atoms with Crippen LogP contribution < -0.4 is 10.5 Å². The number of carbonyl (C=O) groups is 1. The third-order valence-electron chi connectivity index (χ3n) is 3.12. The van der Waals surface area contributed by atoms with Gasteiger partial charge in [0.1, 0.15) is 5.75 Å². The van der Waals surface area contributed by atoms with Crippen LogP contribution in [0.3, 0.4) is 0 Å². The molecule has 0 unspecified atom stereocenters. The van der Waals surface area contributed by atoms with Crippen molar-refractivity contribution in [1.82, 2.24) is 0 Å². The van der Waals surface area contributed by atoms with Gasteiger partial charge in [0.15, 0.2) is 5.78 Å². The molecule has 0 amide bonds. The van der Waals surface area contributed by atoms with Gasteiger partial charge in [-0.05, 0) is 38.1 Å². The average molecular weight is 249 g/mol. The Morgan fingerprint density at radius 3 is 2.39 bits per heavy atom. The van der Waals surface area contributed by atoms with Gasteiger partial charge in [-0.25, -0.2) is 0 Å². The van der Waals surface area contributed by atoms with E-state index >= 15 is 0 Å². The number of ether oxygens (including phenoxy) is 2. The molecule has 98 valence electrons. The topological polar surface area (TPSA) is 61.5 Å². The van der Waals surface area contributed by atoms with Gasteiger partial charge in [0.05, 0.1) is 24.7 Å². The standard InChI is InChI=1S/C14H19NO3/c1-10(2)18-12-5-3-11(4-6-12)13(16)14(7-15)8-17-9-14/h3-6,10H,7-9,15H2,1-2H3. The van der Waals surface area contributed by atoms with Crippen molar-refractivity contribution in [3.05, 3.63) is 29.8 Å². The number of benzene rings is 1. The second-order valence-electron chi connectivity index (χ2n) is 5.00. The fourth-order valence-electron chi connectivity index (χ4n) is 1.95. The second-order valence-corrected chi connectivity index (χ2v) is 5.00. The molecule has 0 radical (unpaired) electrons. The molecule has 1 heterocycles. The number of nitrogens with two attached hydrogens (primary N) is 1. The molecule has 2 N–H and O–H groups in total. The Bertz CT molecular complexity index is 416. The maximum absolute atomic E-state index is 12.3. The largest absolute Gasteiger partial charge is 0.491 e. The molecule has 1 fully saturated rings. The summed E-state index contributed by atoms with van der Waals surface area (Å²) >= 11 is 0. The number of hydrogen-bond acceptors (Lipinski definition) is 4. The van der Waals surface area contributed by atoms with E-state index in [0.717, 1.165) is 5.75 Å². The van der Waals surface area contributed by atoms with E-state index in [1.165, 1.54) is 0 Å². The fourth-order valence-corrected chi connectivity index (χ4v) is 1.95. The van der Waals surface area contributed by atoms with Gasteiger partial charge >= 0.3 is 0 Å². The molecule has 1 aliphatic rings. The van der Waals surface area contributed by atoms with Crippen LogP contribution in [0.15, 0.2) is 24.3 Å². The quantitative estimate of drug-likeness (QED) is 0.806. The van der Waals surface area contributed by atoms with Crippen molar-refractivity contribution in [1.29, 1.82) is 0 Å². The molecule has 1 saturated heterocycles. The molecule has 1 aromatic carbocycles. The van der Waals surface area contributed by atoms with Crippen LogP contribution in [-0.2, 0) is 4.74 Å². The molecule has 0 bridgehead atoms. The molecule has 0 saturated carbocycles. The lowest BCUT2D eigenvalue weighted by molar-refractivity contribution is -0.0816. The minimum atomic E-state index is -0.513. The number of carbonyl (C=O) groups excluding carboxylic acids is 1. The van der Waals surface area contributed by atoms with E-state index in [1.54, 1.807) is 12.1 Å². The van der Waals surface area contributed by atoms with Gasteiger partial charge in [0.25, 0.3) is 0 Å². The zero-order valence-corrected chi connectivity index (χ0v) is 10.8. The van der Waals surface area contributed by atoms with E-state index in [9.17, 15) is 4.79 Å². The van der Waals surface area contributed by atoms with Crippen LogP contribution in [0.25, 0.3) is 0 Å². The Labute approximate surface area is 107 Å². The summed E-state index contributed by atoms with van der Waals surface area (Å²) in [7, 11) is 0. The molecule has 4 heteroatoms. The van der Waals surface area contributed by atoms with Gasteiger partial charge < -0.3 is 15.2 Å². The lowest BCUT2D eigenvalue weighted by atomic mass is 9.78. The van der Waals surface area contributed by atoms with Crippen LogP contribution in [-0.4, -0.2) is 31.6 Å². The van der Waals surface area contributed by atoms with Crippen LogP contribution in [0.1, 0.15) is 24.2 Å². The van der Waals surface area contributed by atoms with Gasteiger partial charge in [0, 0.05) is 12.1 Å². The van der Waals surface area contributed by atoms with Crippen LogP contribution in [0.4, 0.5) is 0 Å². The number of hydrogen-bond donors (Lipinski definition) is 1. The van der Waals surface area contributed by atoms with Crippen LogP contribution in [0, 0.1) is 5.41 Å². The predicted octanol–water partition coefficient (Wildman–Crippen LogP) is 1.63. The normalized spacial score (nSPS) is 17.3. The molecule has 0 aliphatic carbocycles. The van der Waals surface area contributed by atoms with E-state index in [4.69, 9.17) is 15.2 Å². The minimum absolute atomic E-state index is 0.0624. The van der Waals surface area contributed by atoms with Crippen LogP contribution >= 0.6 is 0 Å². The van der Waals surface area contributed by atoms with Gasteiger partial charge in [-0.1, -0.05) is 0 Å². The summed E-state index contributed by atoms with van der Waals surface area (Å²) in [5, 5.41) is 0. The Morgan fingerprint density at radius 1 is 1.39 bits per heavy atom. The minimum Gasteiger partial charge on any atom is -0.491 e. The van der Waals surface area contributed by atoms with E-state index in [-0.39, 0.29) is 11.9 Å². The summed E-state index contributed by atoms with van der Waals surface area (Å²) in [5.41, 5.74) is 5.83. The Kier molecular flexibility index (Phi) is 3.68. The first kappa shape index (κ1) is 13.1. The highest BCUT2D eigenvalue weighted by molar-refractivity contribution is 6.01. The summed E-state index contributed by atoms with van der Waals surface area (Å²) in [5.74, 6) is 0.834. The lowest BCUT2D eigenvalue weighted by Gasteiger charge is -2.38. The zero-order chi connectivity index (χ0) is 13.2. The average Bonchev–Trinajstić information content (AvgIpc) is 2.28. The molecule has 1 aliphatic heterocycles. The van der Waals surface area contributed by atoms with Crippen molar-refractivity contribution in [3.63, 3.8) is 0 Å². The van der Waals surface area contributed by atoms with Crippen molar-refractivity contribution in [2.75, 3.05) is 19.8 Å². The molecule has 0 atom stereocenters. The Morgan fingerprint density at radius 2 is 2.00 bits per heavy atom. The molecule has 0 spiro atoms. The Hall–Kier alpha value is -1.39. The summed E-state index contributed by atoms with van der Waals surface area (Å²) in [4.78, 5) is 12.3. The predicted molar refractivity (Wildman–Crippen MR) is 68.8 cm³/mol. The second kappa shape index (κ2) is 5.08. The van der Waals surface area contributed by atoms with Gasteiger partial charge in [0.2, 0.25) is 0 Å². The van der Waals surface area contributed by atoms with Crippen molar-refractivity contribution in [3.8, 4) is 5.75 Å². The monoisotopic (exact) mass is 249 g/mol. The summed E-state index contributed by atoms with van der Waals surface area (Å²) in [6, 6.07) is 7.21. The van der Waals surface area contributed by atoms with Crippen molar-refractivity contribution in [2.45, 2.75) is 20.0 Å². The highest BCUT2D eigenvalue weighted by atomic mass is 16.5. The lowest BCUT2D eigenvalue weighted by Crippen LogP contribution is -2.54. The van der Waals surface area contributed by atoms with E-state index in [0.29, 0.717) is 25.3 Å². The SMILES string of the molecule is CC(C)Oc1ccc(C(=O)C2(CN)COC2)cc1.